The molecule has 0 aromatic carbocycles. The molecule has 0 aliphatic rings. The van der Waals surface area contributed by atoms with Crippen LogP contribution in [0.3, 0.4) is 0 Å². The van der Waals surface area contributed by atoms with Gasteiger partial charge < -0.3 is 15.2 Å². The number of rotatable bonds is 6. The van der Waals surface area contributed by atoms with Crippen molar-refractivity contribution in [2.75, 3.05) is 18.4 Å². The Morgan fingerprint density at radius 1 is 1.28 bits per heavy atom. The summed E-state index contributed by atoms with van der Waals surface area (Å²) in [6, 6.07) is 5.32. The van der Waals surface area contributed by atoms with Gasteiger partial charge in [-0.05, 0) is 12.1 Å². The first-order valence-electron chi connectivity index (χ1n) is 7.16. The van der Waals surface area contributed by atoms with E-state index in [1.807, 2.05) is 0 Å². The molecule has 0 aliphatic heterocycles. The van der Waals surface area contributed by atoms with Crippen molar-refractivity contribution in [2.45, 2.75) is 12.7 Å². The predicted molar refractivity (Wildman–Crippen MR) is 86.5 cm³/mol. The highest BCUT2D eigenvalue weighted by Gasteiger charge is 2.31. The third kappa shape index (κ3) is 5.49. The van der Waals surface area contributed by atoms with E-state index in [1.54, 1.807) is 12.1 Å². The quantitative estimate of drug-likeness (QED) is 0.760. The molecule has 0 saturated carbocycles. The normalized spacial score (nSPS) is 11.2. The summed E-state index contributed by atoms with van der Waals surface area (Å²) in [5.74, 6) is -0.287. The lowest BCUT2D eigenvalue weighted by Crippen LogP contribution is -2.34. The van der Waals surface area contributed by atoms with Gasteiger partial charge in [0.05, 0.1) is 10.6 Å². The lowest BCUT2D eigenvalue weighted by Gasteiger charge is -2.11. The average Bonchev–Trinajstić information content (AvgIpc) is 2.54. The Labute approximate surface area is 145 Å². The zero-order chi connectivity index (χ0) is 18.4. The molecule has 6 nitrogen and oxygen atoms in total. The van der Waals surface area contributed by atoms with Gasteiger partial charge in [-0.1, -0.05) is 17.7 Å². The molecule has 0 atom stereocenters. The van der Waals surface area contributed by atoms with E-state index in [4.69, 9.17) is 11.6 Å². The molecule has 10 heteroatoms. The Hall–Kier alpha value is -2.55. The van der Waals surface area contributed by atoms with Gasteiger partial charge in [0, 0.05) is 31.5 Å². The van der Waals surface area contributed by atoms with E-state index in [1.165, 1.54) is 16.8 Å². The van der Waals surface area contributed by atoms with E-state index in [9.17, 15) is 22.8 Å². The highest BCUT2D eigenvalue weighted by molar-refractivity contribution is 6.32. The molecule has 2 aromatic rings. The molecule has 0 saturated heterocycles. The summed E-state index contributed by atoms with van der Waals surface area (Å²) < 4.78 is 38.8. The minimum absolute atomic E-state index is 0.0863. The van der Waals surface area contributed by atoms with Crippen LogP contribution < -0.4 is 16.2 Å². The summed E-state index contributed by atoms with van der Waals surface area (Å²) in [6.45, 7) is 0.256. The van der Waals surface area contributed by atoms with Gasteiger partial charge in [0.15, 0.2) is 0 Å². The van der Waals surface area contributed by atoms with Crippen molar-refractivity contribution < 1.29 is 18.0 Å². The lowest BCUT2D eigenvalue weighted by atomic mass is 10.3. The molecule has 0 fully saturated rings. The molecule has 2 aromatic heterocycles. The number of amides is 1. The maximum absolute atomic E-state index is 12.5. The van der Waals surface area contributed by atoms with Crippen molar-refractivity contribution in [3.63, 3.8) is 0 Å². The van der Waals surface area contributed by atoms with Gasteiger partial charge in [0.2, 0.25) is 5.91 Å². The number of halogens is 4. The number of pyridine rings is 2. The van der Waals surface area contributed by atoms with Crippen LogP contribution in [-0.2, 0) is 17.5 Å². The maximum Gasteiger partial charge on any atom is 0.417 e. The van der Waals surface area contributed by atoms with Gasteiger partial charge in [0.25, 0.3) is 5.56 Å². The van der Waals surface area contributed by atoms with E-state index in [0.29, 0.717) is 6.20 Å². The Bertz CT molecular complexity index is 808. The fraction of sp³-hybridized carbons (Fsp3) is 0.267. The number of alkyl halides is 3. The van der Waals surface area contributed by atoms with Crippen molar-refractivity contribution in [2.24, 2.45) is 0 Å². The molecule has 2 rings (SSSR count). The van der Waals surface area contributed by atoms with Gasteiger partial charge in [0.1, 0.15) is 12.4 Å². The largest absolute Gasteiger partial charge is 0.417 e. The van der Waals surface area contributed by atoms with Crippen molar-refractivity contribution in [3.8, 4) is 0 Å². The standard InChI is InChI=1S/C15H14ClF3N4O2/c16-11-7-10(15(17,18)19)8-22-14(11)21-5-4-20-12(24)9-23-6-2-1-3-13(23)25/h1-3,6-8H,4-5,9H2,(H,20,24)(H,21,22). The van der Waals surface area contributed by atoms with Crippen LogP contribution in [0.15, 0.2) is 41.5 Å². The zero-order valence-electron chi connectivity index (χ0n) is 12.8. The van der Waals surface area contributed by atoms with Gasteiger partial charge in [-0.25, -0.2) is 4.98 Å². The molecule has 0 radical (unpaired) electrons. The number of hydrogen-bond acceptors (Lipinski definition) is 4. The van der Waals surface area contributed by atoms with Crippen molar-refractivity contribution >= 4 is 23.3 Å². The molecular weight excluding hydrogens is 361 g/mol. The molecule has 1 amide bonds. The van der Waals surface area contributed by atoms with Crippen LogP contribution >= 0.6 is 11.6 Å². The first-order valence-corrected chi connectivity index (χ1v) is 7.54. The second-order valence-corrected chi connectivity index (χ2v) is 5.40. The molecule has 0 bridgehead atoms. The predicted octanol–water partition coefficient (Wildman–Crippen LogP) is 2.14. The summed E-state index contributed by atoms with van der Waals surface area (Å²) in [5, 5.41) is 5.13. The van der Waals surface area contributed by atoms with Crippen LogP contribution in [0.4, 0.5) is 19.0 Å². The monoisotopic (exact) mass is 374 g/mol. The Balaban J connectivity index is 1.80. The van der Waals surface area contributed by atoms with Crippen LogP contribution in [0.5, 0.6) is 0 Å². The summed E-state index contributed by atoms with van der Waals surface area (Å²) >= 11 is 5.75. The number of carbonyl (C=O) groups excluding carboxylic acids is 1. The zero-order valence-corrected chi connectivity index (χ0v) is 13.6. The Kier molecular flexibility index (Phi) is 6.02. The summed E-state index contributed by atoms with van der Waals surface area (Å²) in [4.78, 5) is 26.8. The van der Waals surface area contributed by atoms with Crippen molar-refractivity contribution in [3.05, 3.63) is 57.6 Å². The maximum atomic E-state index is 12.5. The van der Waals surface area contributed by atoms with Gasteiger partial charge in [-0.15, -0.1) is 0 Å². The first kappa shape index (κ1) is 18.8. The highest BCUT2D eigenvalue weighted by atomic mass is 35.5. The number of nitrogens with one attached hydrogen (secondary N) is 2. The number of anilines is 1. The van der Waals surface area contributed by atoms with E-state index < -0.39 is 11.7 Å². The van der Waals surface area contributed by atoms with Crippen LogP contribution in [0.25, 0.3) is 0 Å². The van der Waals surface area contributed by atoms with E-state index in [0.717, 1.165) is 6.07 Å². The first-order chi connectivity index (χ1) is 11.8. The van der Waals surface area contributed by atoms with Gasteiger partial charge in [-0.2, -0.15) is 13.2 Å². The van der Waals surface area contributed by atoms with Crippen molar-refractivity contribution in [1.29, 1.82) is 0 Å². The molecular formula is C15H14ClF3N4O2. The van der Waals surface area contributed by atoms with Crippen molar-refractivity contribution in [1.82, 2.24) is 14.9 Å². The number of hydrogen-bond donors (Lipinski definition) is 2. The van der Waals surface area contributed by atoms with Crippen LogP contribution in [0, 0.1) is 0 Å². The third-order valence-electron chi connectivity index (χ3n) is 3.12. The minimum Gasteiger partial charge on any atom is -0.367 e. The number of nitrogens with zero attached hydrogens (tertiary/aromatic N) is 2. The minimum atomic E-state index is -4.52. The SMILES string of the molecule is O=C(Cn1ccccc1=O)NCCNc1ncc(C(F)(F)F)cc1Cl. The van der Waals surface area contributed by atoms with Crippen LogP contribution in [0.1, 0.15) is 5.56 Å². The second kappa shape index (κ2) is 8.02. The van der Waals surface area contributed by atoms with Gasteiger partial charge >= 0.3 is 6.18 Å². The smallest absolute Gasteiger partial charge is 0.367 e. The molecule has 0 spiro atoms. The molecule has 2 N–H and O–H groups in total. The fourth-order valence-corrected chi connectivity index (χ4v) is 2.14. The second-order valence-electron chi connectivity index (χ2n) is 5.00. The number of aromatic nitrogens is 2. The summed E-state index contributed by atoms with van der Waals surface area (Å²) in [7, 11) is 0. The topological polar surface area (TPSA) is 76.0 Å². The molecule has 25 heavy (non-hydrogen) atoms. The summed E-state index contributed by atoms with van der Waals surface area (Å²) in [5.41, 5.74) is -1.24. The Morgan fingerprint density at radius 3 is 2.68 bits per heavy atom. The molecule has 0 unspecified atom stereocenters. The van der Waals surface area contributed by atoms with E-state index >= 15 is 0 Å². The fourth-order valence-electron chi connectivity index (χ4n) is 1.91. The average molecular weight is 375 g/mol. The number of carbonyl (C=O) groups is 1. The lowest BCUT2D eigenvalue weighted by molar-refractivity contribution is -0.137. The molecule has 134 valence electrons. The van der Waals surface area contributed by atoms with E-state index in [2.05, 4.69) is 15.6 Å². The van der Waals surface area contributed by atoms with Gasteiger partial charge in [-0.3, -0.25) is 9.59 Å². The van der Waals surface area contributed by atoms with Crippen LogP contribution in [0.2, 0.25) is 5.02 Å². The molecule has 2 heterocycles. The van der Waals surface area contributed by atoms with E-state index in [-0.39, 0.29) is 41.9 Å². The van der Waals surface area contributed by atoms with Crippen LogP contribution in [-0.4, -0.2) is 28.5 Å². The molecule has 0 aliphatic carbocycles. The third-order valence-corrected chi connectivity index (χ3v) is 3.41. The highest BCUT2D eigenvalue weighted by Crippen LogP contribution is 2.32. The summed E-state index contributed by atoms with van der Waals surface area (Å²) in [6.07, 6.45) is -2.35. The Morgan fingerprint density at radius 2 is 2.04 bits per heavy atom.